The molecule has 0 amide bonds. The van der Waals surface area contributed by atoms with Crippen molar-refractivity contribution >= 4 is 5.69 Å². The summed E-state index contributed by atoms with van der Waals surface area (Å²) < 4.78 is 0. The molecule has 1 fully saturated rings. The zero-order chi connectivity index (χ0) is 7.84. The Bertz CT molecular complexity index is 274. The Morgan fingerprint density at radius 3 is 2.73 bits per heavy atom. The highest BCUT2D eigenvalue weighted by molar-refractivity contribution is 5.46. The average molecular weight is 147 g/mol. The molecule has 0 aromatic heterocycles. The highest BCUT2D eigenvalue weighted by Crippen LogP contribution is 2.41. The van der Waals surface area contributed by atoms with E-state index in [-0.39, 0.29) is 0 Å². The van der Waals surface area contributed by atoms with Crippen molar-refractivity contribution in [2.75, 3.05) is 5.73 Å². The van der Waals surface area contributed by atoms with Gasteiger partial charge in [-0.15, -0.1) is 0 Å². The molecule has 0 radical (unpaired) electrons. The standard InChI is InChI=1S/C10H13N/c1-7-2-5-9(11)6-10(7)8-3-4-8/h2,5-6,8H,3-4,11H2,1H3. The van der Waals surface area contributed by atoms with Crippen LogP contribution in [0, 0.1) is 6.92 Å². The van der Waals surface area contributed by atoms with E-state index in [1.54, 1.807) is 0 Å². The van der Waals surface area contributed by atoms with Crippen molar-refractivity contribution in [1.82, 2.24) is 0 Å². The van der Waals surface area contributed by atoms with Gasteiger partial charge in [-0.2, -0.15) is 0 Å². The number of nitrogen functional groups attached to an aromatic ring is 1. The van der Waals surface area contributed by atoms with Crippen molar-refractivity contribution in [3.63, 3.8) is 0 Å². The summed E-state index contributed by atoms with van der Waals surface area (Å²) in [6, 6.07) is 6.21. The minimum absolute atomic E-state index is 0.818. The summed E-state index contributed by atoms with van der Waals surface area (Å²) in [5.74, 6) is 0.818. The van der Waals surface area contributed by atoms with Crippen molar-refractivity contribution < 1.29 is 0 Å². The summed E-state index contributed by atoms with van der Waals surface area (Å²) >= 11 is 0. The number of nitrogens with two attached hydrogens (primary N) is 1. The molecule has 0 atom stereocenters. The lowest BCUT2D eigenvalue weighted by Crippen LogP contribution is -1.90. The number of hydrogen-bond acceptors (Lipinski definition) is 1. The molecule has 0 spiro atoms. The molecule has 0 unspecified atom stereocenters. The molecule has 0 aliphatic heterocycles. The second kappa shape index (κ2) is 2.26. The van der Waals surface area contributed by atoms with Crippen LogP contribution >= 0.6 is 0 Å². The van der Waals surface area contributed by atoms with Crippen molar-refractivity contribution in [3.05, 3.63) is 29.3 Å². The first-order chi connectivity index (χ1) is 5.27. The average Bonchev–Trinajstić information content (AvgIpc) is 2.76. The number of anilines is 1. The minimum Gasteiger partial charge on any atom is -0.399 e. The van der Waals surface area contributed by atoms with Gasteiger partial charge in [0.1, 0.15) is 0 Å². The lowest BCUT2D eigenvalue weighted by molar-refractivity contribution is 1.10. The Morgan fingerprint density at radius 2 is 2.09 bits per heavy atom. The molecule has 1 heteroatoms. The molecule has 0 bridgehead atoms. The molecule has 1 aliphatic rings. The Balaban J connectivity index is 2.42. The third-order valence-electron chi connectivity index (χ3n) is 2.32. The highest BCUT2D eigenvalue weighted by atomic mass is 14.5. The number of aryl methyl sites for hydroxylation is 1. The summed E-state index contributed by atoms with van der Waals surface area (Å²) in [4.78, 5) is 0. The SMILES string of the molecule is Cc1ccc(N)cc1C1CC1. The third-order valence-corrected chi connectivity index (χ3v) is 2.32. The summed E-state index contributed by atoms with van der Waals surface area (Å²) in [5.41, 5.74) is 9.45. The van der Waals surface area contributed by atoms with Crippen LogP contribution in [0.4, 0.5) is 5.69 Å². The third kappa shape index (κ3) is 1.23. The van der Waals surface area contributed by atoms with Crippen LogP contribution in [0.3, 0.4) is 0 Å². The van der Waals surface area contributed by atoms with Crippen LogP contribution in [0.25, 0.3) is 0 Å². The minimum atomic E-state index is 0.818. The molecule has 2 rings (SSSR count). The Hall–Kier alpha value is -0.980. The van der Waals surface area contributed by atoms with E-state index >= 15 is 0 Å². The van der Waals surface area contributed by atoms with Gasteiger partial charge in [-0.25, -0.2) is 0 Å². The van der Waals surface area contributed by atoms with E-state index in [0.717, 1.165) is 11.6 Å². The maximum atomic E-state index is 5.69. The molecule has 1 aromatic carbocycles. The second-order valence-electron chi connectivity index (χ2n) is 3.39. The molecule has 2 N–H and O–H groups in total. The predicted octanol–water partition coefficient (Wildman–Crippen LogP) is 2.45. The molecule has 0 heterocycles. The fraction of sp³-hybridized carbons (Fsp3) is 0.400. The van der Waals surface area contributed by atoms with E-state index in [9.17, 15) is 0 Å². The second-order valence-corrected chi connectivity index (χ2v) is 3.39. The Labute approximate surface area is 67.2 Å². The normalized spacial score (nSPS) is 16.8. The van der Waals surface area contributed by atoms with Crippen molar-refractivity contribution in [3.8, 4) is 0 Å². The monoisotopic (exact) mass is 147 g/mol. The van der Waals surface area contributed by atoms with E-state index in [4.69, 9.17) is 5.73 Å². The maximum absolute atomic E-state index is 5.69. The zero-order valence-electron chi connectivity index (χ0n) is 6.80. The van der Waals surface area contributed by atoms with Crippen LogP contribution in [0.15, 0.2) is 18.2 Å². The van der Waals surface area contributed by atoms with E-state index in [0.29, 0.717) is 0 Å². The molecule has 1 aliphatic carbocycles. The van der Waals surface area contributed by atoms with Gasteiger partial charge in [0.2, 0.25) is 0 Å². The van der Waals surface area contributed by atoms with Crippen LogP contribution < -0.4 is 5.73 Å². The Morgan fingerprint density at radius 1 is 1.36 bits per heavy atom. The van der Waals surface area contributed by atoms with Gasteiger partial charge in [-0.05, 0) is 48.9 Å². The lowest BCUT2D eigenvalue weighted by Gasteiger charge is -2.03. The van der Waals surface area contributed by atoms with Gasteiger partial charge in [0.05, 0.1) is 0 Å². The van der Waals surface area contributed by atoms with Crippen molar-refractivity contribution in [2.45, 2.75) is 25.7 Å². The molecule has 1 saturated carbocycles. The van der Waals surface area contributed by atoms with Crippen molar-refractivity contribution in [1.29, 1.82) is 0 Å². The summed E-state index contributed by atoms with van der Waals surface area (Å²) in [6.07, 6.45) is 2.70. The molecular weight excluding hydrogens is 134 g/mol. The quantitative estimate of drug-likeness (QED) is 0.607. The van der Waals surface area contributed by atoms with Gasteiger partial charge in [0, 0.05) is 5.69 Å². The van der Waals surface area contributed by atoms with E-state index in [2.05, 4.69) is 19.1 Å². The van der Waals surface area contributed by atoms with Gasteiger partial charge in [-0.3, -0.25) is 0 Å². The van der Waals surface area contributed by atoms with Gasteiger partial charge in [-0.1, -0.05) is 6.07 Å². The first-order valence-electron chi connectivity index (χ1n) is 4.13. The summed E-state index contributed by atoms with van der Waals surface area (Å²) in [5, 5.41) is 0. The molecule has 1 nitrogen and oxygen atoms in total. The molecular formula is C10H13N. The van der Waals surface area contributed by atoms with Crippen LogP contribution in [0.1, 0.15) is 29.9 Å². The van der Waals surface area contributed by atoms with E-state index in [1.807, 2.05) is 6.07 Å². The summed E-state index contributed by atoms with van der Waals surface area (Å²) in [6.45, 7) is 2.16. The fourth-order valence-corrected chi connectivity index (χ4v) is 1.49. The molecule has 58 valence electrons. The maximum Gasteiger partial charge on any atom is 0.0317 e. The van der Waals surface area contributed by atoms with Crippen LogP contribution in [-0.2, 0) is 0 Å². The first-order valence-corrected chi connectivity index (χ1v) is 4.13. The topological polar surface area (TPSA) is 26.0 Å². The number of benzene rings is 1. The zero-order valence-corrected chi connectivity index (χ0v) is 6.80. The van der Waals surface area contributed by atoms with Crippen LogP contribution in [-0.4, -0.2) is 0 Å². The fourth-order valence-electron chi connectivity index (χ4n) is 1.49. The molecule has 0 saturated heterocycles. The molecule has 1 aromatic rings. The van der Waals surface area contributed by atoms with E-state index < -0.39 is 0 Å². The van der Waals surface area contributed by atoms with Gasteiger partial charge < -0.3 is 5.73 Å². The molecule has 11 heavy (non-hydrogen) atoms. The Kier molecular flexibility index (Phi) is 1.38. The lowest BCUT2D eigenvalue weighted by atomic mass is 10.0. The van der Waals surface area contributed by atoms with Crippen LogP contribution in [0.5, 0.6) is 0 Å². The number of rotatable bonds is 1. The smallest absolute Gasteiger partial charge is 0.0317 e. The number of hydrogen-bond donors (Lipinski definition) is 1. The van der Waals surface area contributed by atoms with Gasteiger partial charge in [0.25, 0.3) is 0 Å². The first kappa shape index (κ1) is 6.71. The predicted molar refractivity (Wildman–Crippen MR) is 47.6 cm³/mol. The van der Waals surface area contributed by atoms with Gasteiger partial charge >= 0.3 is 0 Å². The largest absolute Gasteiger partial charge is 0.399 e. The van der Waals surface area contributed by atoms with Crippen LogP contribution in [0.2, 0.25) is 0 Å². The van der Waals surface area contributed by atoms with Gasteiger partial charge in [0.15, 0.2) is 0 Å². The van der Waals surface area contributed by atoms with Crippen molar-refractivity contribution in [2.24, 2.45) is 0 Å². The summed E-state index contributed by atoms with van der Waals surface area (Å²) in [7, 11) is 0. The highest BCUT2D eigenvalue weighted by Gasteiger charge is 2.24. The van der Waals surface area contributed by atoms with E-state index in [1.165, 1.54) is 24.0 Å².